The van der Waals surface area contributed by atoms with Crippen LogP contribution in [0.1, 0.15) is 25.5 Å². The first-order valence-corrected chi connectivity index (χ1v) is 11.9. The number of halogens is 1. The standard InChI is InChI=1S/C26H31FN4O4/c1-3-34-22-8-6-5-7-20(22)24-23(25(32)35-4-2)21(28-26(33)29-24)17-30-13-15-31(16-14-30)19-11-9-18(27)10-12-19/h5-12,24H,3-4,13-17H2,1-2H3,(H2,28,29,33)/t24-/m1/s1. The Kier molecular flexibility index (Phi) is 7.87. The zero-order valence-corrected chi connectivity index (χ0v) is 20.1. The molecule has 8 nitrogen and oxygen atoms in total. The highest BCUT2D eigenvalue weighted by atomic mass is 19.1. The number of benzene rings is 2. The molecule has 1 atom stereocenters. The highest BCUT2D eigenvalue weighted by molar-refractivity contribution is 5.95. The number of hydrogen-bond donors (Lipinski definition) is 2. The van der Waals surface area contributed by atoms with Gasteiger partial charge in [-0.3, -0.25) is 4.90 Å². The van der Waals surface area contributed by atoms with Crippen molar-refractivity contribution in [3.05, 3.63) is 71.2 Å². The van der Waals surface area contributed by atoms with Crippen molar-refractivity contribution in [1.29, 1.82) is 0 Å². The van der Waals surface area contributed by atoms with Crippen molar-refractivity contribution in [1.82, 2.24) is 15.5 Å². The van der Waals surface area contributed by atoms with Gasteiger partial charge in [-0.05, 0) is 44.2 Å². The second kappa shape index (κ2) is 11.2. The first-order valence-electron chi connectivity index (χ1n) is 11.9. The maximum atomic E-state index is 13.3. The molecule has 2 heterocycles. The molecule has 2 aromatic carbocycles. The predicted octanol–water partition coefficient (Wildman–Crippen LogP) is 3.22. The molecule has 0 spiro atoms. The molecule has 2 aliphatic heterocycles. The molecule has 0 aromatic heterocycles. The van der Waals surface area contributed by atoms with Gasteiger partial charge in [0.05, 0.1) is 24.8 Å². The van der Waals surface area contributed by atoms with E-state index in [0.717, 1.165) is 31.9 Å². The third-order valence-electron chi connectivity index (χ3n) is 6.12. The molecule has 1 fully saturated rings. The Hall–Kier alpha value is -3.59. The maximum Gasteiger partial charge on any atom is 0.338 e. The van der Waals surface area contributed by atoms with E-state index in [2.05, 4.69) is 20.4 Å². The molecule has 0 aliphatic carbocycles. The number of anilines is 1. The summed E-state index contributed by atoms with van der Waals surface area (Å²) in [6.45, 7) is 7.65. The lowest BCUT2D eigenvalue weighted by Crippen LogP contribution is -2.51. The van der Waals surface area contributed by atoms with Gasteiger partial charge in [0.2, 0.25) is 0 Å². The van der Waals surface area contributed by atoms with E-state index in [-0.39, 0.29) is 18.5 Å². The number of rotatable bonds is 8. The van der Waals surface area contributed by atoms with E-state index in [4.69, 9.17) is 9.47 Å². The number of carbonyl (C=O) groups excluding carboxylic acids is 2. The lowest BCUT2D eigenvalue weighted by Gasteiger charge is -2.38. The Labute approximate surface area is 204 Å². The SMILES string of the molecule is CCOC(=O)C1=C(CN2CCN(c3ccc(F)cc3)CC2)NC(=O)N[C@@H]1c1ccccc1OCC. The average Bonchev–Trinajstić information content (AvgIpc) is 2.85. The minimum absolute atomic E-state index is 0.222. The Morgan fingerprint density at radius 3 is 2.43 bits per heavy atom. The van der Waals surface area contributed by atoms with Crippen LogP contribution in [0.5, 0.6) is 5.75 Å². The van der Waals surface area contributed by atoms with Crippen LogP contribution in [0.25, 0.3) is 0 Å². The van der Waals surface area contributed by atoms with E-state index in [9.17, 15) is 14.0 Å². The van der Waals surface area contributed by atoms with Crippen LogP contribution in [0, 0.1) is 5.82 Å². The highest BCUT2D eigenvalue weighted by Crippen LogP contribution is 2.34. The van der Waals surface area contributed by atoms with Crippen molar-refractivity contribution in [2.75, 3.05) is 50.8 Å². The van der Waals surface area contributed by atoms with Gasteiger partial charge < -0.3 is 25.0 Å². The number of nitrogens with zero attached hydrogens (tertiary/aromatic N) is 2. The lowest BCUT2D eigenvalue weighted by molar-refractivity contribution is -0.139. The number of nitrogens with one attached hydrogen (secondary N) is 2. The fourth-order valence-electron chi connectivity index (χ4n) is 4.47. The van der Waals surface area contributed by atoms with Gasteiger partial charge in [-0.15, -0.1) is 0 Å². The van der Waals surface area contributed by atoms with Gasteiger partial charge in [0.25, 0.3) is 0 Å². The second-order valence-electron chi connectivity index (χ2n) is 8.35. The number of carbonyl (C=O) groups is 2. The molecule has 2 aromatic rings. The molecule has 35 heavy (non-hydrogen) atoms. The third kappa shape index (κ3) is 5.74. The normalized spacial score (nSPS) is 18.7. The Bertz CT molecular complexity index is 1080. The van der Waals surface area contributed by atoms with Crippen molar-refractivity contribution >= 4 is 17.7 Å². The number of ether oxygens (including phenoxy) is 2. The Morgan fingerprint density at radius 2 is 1.74 bits per heavy atom. The molecule has 2 aliphatic rings. The van der Waals surface area contributed by atoms with Crippen molar-refractivity contribution in [2.24, 2.45) is 0 Å². The van der Waals surface area contributed by atoms with Crippen molar-refractivity contribution in [3.63, 3.8) is 0 Å². The summed E-state index contributed by atoms with van der Waals surface area (Å²) in [6, 6.07) is 12.8. The second-order valence-corrected chi connectivity index (χ2v) is 8.35. The van der Waals surface area contributed by atoms with Crippen LogP contribution in [-0.2, 0) is 9.53 Å². The minimum atomic E-state index is -0.693. The molecule has 0 radical (unpaired) electrons. The minimum Gasteiger partial charge on any atom is -0.494 e. The van der Waals surface area contributed by atoms with Crippen LogP contribution in [0.15, 0.2) is 59.8 Å². The summed E-state index contributed by atoms with van der Waals surface area (Å²) in [5.74, 6) is -0.125. The smallest absolute Gasteiger partial charge is 0.338 e. The summed E-state index contributed by atoms with van der Waals surface area (Å²) in [6.07, 6.45) is 0. The summed E-state index contributed by atoms with van der Waals surface area (Å²) >= 11 is 0. The molecule has 4 rings (SSSR count). The molecule has 0 saturated carbocycles. The fourth-order valence-corrected chi connectivity index (χ4v) is 4.47. The van der Waals surface area contributed by atoms with Gasteiger partial charge in [0, 0.05) is 49.7 Å². The fraction of sp³-hybridized carbons (Fsp3) is 0.385. The van der Waals surface area contributed by atoms with Crippen LogP contribution in [-0.4, -0.2) is 62.8 Å². The van der Waals surface area contributed by atoms with Crippen LogP contribution in [0.2, 0.25) is 0 Å². The van der Waals surface area contributed by atoms with Gasteiger partial charge in [-0.1, -0.05) is 18.2 Å². The summed E-state index contributed by atoms with van der Waals surface area (Å²) in [5, 5.41) is 5.72. The van der Waals surface area contributed by atoms with Crippen LogP contribution >= 0.6 is 0 Å². The number of esters is 1. The molecule has 0 bridgehead atoms. The largest absolute Gasteiger partial charge is 0.494 e. The van der Waals surface area contributed by atoms with E-state index in [1.807, 2.05) is 31.2 Å². The Balaban J connectivity index is 1.58. The number of hydrogen-bond acceptors (Lipinski definition) is 6. The number of urea groups is 1. The topological polar surface area (TPSA) is 83.1 Å². The van der Waals surface area contributed by atoms with E-state index in [1.165, 1.54) is 12.1 Å². The summed E-state index contributed by atoms with van der Waals surface area (Å²) in [5.41, 5.74) is 2.57. The van der Waals surface area contributed by atoms with Gasteiger partial charge >= 0.3 is 12.0 Å². The van der Waals surface area contributed by atoms with Crippen LogP contribution in [0.3, 0.4) is 0 Å². The summed E-state index contributed by atoms with van der Waals surface area (Å²) < 4.78 is 24.4. The molecule has 0 unspecified atom stereocenters. The molecule has 186 valence electrons. The Morgan fingerprint density at radius 1 is 1.03 bits per heavy atom. The quantitative estimate of drug-likeness (QED) is 0.563. The lowest BCUT2D eigenvalue weighted by atomic mass is 9.94. The number of para-hydroxylation sites is 1. The van der Waals surface area contributed by atoms with Crippen LogP contribution in [0.4, 0.5) is 14.9 Å². The summed E-state index contributed by atoms with van der Waals surface area (Å²) in [7, 11) is 0. The van der Waals surface area contributed by atoms with Gasteiger partial charge in [-0.25, -0.2) is 14.0 Å². The average molecular weight is 483 g/mol. The number of amides is 2. The third-order valence-corrected chi connectivity index (χ3v) is 6.12. The molecular formula is C26H31FN4O4. The maximum absolute atomic E-state index is 13.3. The van der Waals surface area contributed by atoms with Crippen molar-refractivity contribution in [2.45, 2.75) is 19.9 Å². The first-order chi connectivity index (χ1) is 17.0. The molecule has 9 heteroatoms. The molecular weight excluding hydrogens is 451 g/mol. The van der Waals surface area contributed by atoms with E-state index in [0.29, 0.717) is 35.7 Å². The number of piperazine rings is 1. The zero-order valence-electron chi connectivity index (χ0n) is 20.1. The van der Waals surface area contributed by atoms with Gasteiger partial charge in [0.1, 0.15) is 11.6 Å². The van der Waals surface area contributed by atoms with E-state index in [1.54, 1.807) is 19.1 Å². The first kappa shape index (κ1) is 24.5. The summed E-state index contributed by atoms with van der Waals surface area (Å²) in [4.78, 5) is 30.1. The van der Waals surface area contributed by atoms with E-state index < -0.39 is 12.0 Å². The highest BCUT2D eigenvalue weighted by Gasteiger charge is 2.36. The van der Waals surface area contributed by atoms with Crippen molar-refractivity contribution in [3.8, 4) is 5.75 Å². The predicted molar refractivity (Wildman–Crippen MR) is 131 cm³/mol. The molecule has 2 amide bonds. The van der Waals surface area contributed by atoms with Crippen molar-refractivity contribution < 1.29 is 23.5 Å². The zero-order chi connectivity index (χ0) is 24.8. The van der Waals surface area contributed by atoms with E-state index >= 15 is 0 Å². The molecule has 2 N–H and O–H groups in total. The van der Waals surface area contributed by atoms with Gasteiger partial charge in [-0.2, -0.15) is 0 Å². The monoisotopic (exact) mass is 482 g/mol. The molecule has 1 saturated heterocycles. The van der Waals surface area contributed by atoms with Crippen LogP contribution < -0.4 is 20.3 Å². The van der Waals surface area contributed by atoms with Gasteiger partial charge in [0.15, 0.2) is 0 Å².